The van der Waals surface area contributed by atoms with Crippen LogP contribution in [0.25, 0.3) is 0 Å². The molecule has 0 aliphatic carbocycles. The van der Waals surface area contributed by atoms with Gasteiger partial charge in [-0.2, -0.15) is 0 Å². The number of rotatable bonds is 5. The molecule has 0 aliphatic heterocycles. The molecule has 0 saturated heterocycles. The van der Waals surface area contributed by atoms with Gasteiger partial charge in [-0.3, -0.25) is 0 Å². The van der Waals surface area contributed by atoms with Crippen LogP contribution in [0, 0.1) is 20.8 Å². The summed E-state index contributed by atoms with van der Waals surface area (Å²) in [5.41, 5.74) is 3.17. The van der Waals surface area contributed by atoms with Crippen molar-refractivity contribution in [3.05, 3.63) is 53.1 Å². The third-order valence-corrected chi connectivity index (χ3v) is 3.50. The van der Waals surface area contributed by atoms with Crippen LogP contribution in [0.3, 0.4) is 0 Å². The maximum absolute atomic E-state index is 11.9. The number of methoxy groups -OCH3 is 1. The standard InChI is InChI=1S/C18H20O4/c1-12-5-6-13(2)18(14(12)3)21-11-17(19)22-16-9-7-15(20-4)8-10-16/h5-10H,11H2,1-4H3. The number of esters is 1. The van der Waals surface area contributed by atoms with Gasteiger partial charge in [0.15, 0.2) is 6.61 Å². The Morgan fingerprint density at radius 3 is 2.14 bits per heavy atom. The number of aryl methyl sites for hydroxylation is 2. The zero-order chi connectivity index (χ0) is 16.1. The predicted molar refractivity (Wildman–Crippen MR) is 84.8 cm³/mol. The lowest BCUT2D eigenvalue weighted by Crippen LogP contribution is -2.18. The van der Waals surface area contributed by atoms with Gasteiger partial charge in [0, 0.05) is 0 Å². The van der Waals surface area contributed by atoms with Gasteiger partial charge >= 0.3 is 5.97 Å². The second-order valence-electron chi connectivity index (χ2n) is 5.09. The van der Waals surface area contributed by atoms with E-state index in [0.717, 1.165) is 22.4 Å². The van der Waals surface area contributed by atoms with Crippen LogP contribution in [0.1, 0.15) is 16.7 Å². The first-order chi connectivity index (χ1) is 10.5. The quantitative estimate of drug-likeness (QED) is 0.625. The van der Waals surface area contributed by atoms with E-state index in [9.17, 15) is 4.79 Å². The van der Waals surface area contributed by atoms with Gasteiger partial charge in [0.2, 0.25) is 0 Å². The first-order valence-corrected chi connectivity index (χ1v) is 7.05. The first kappa shape index (κ1) is 15.9. The Bertz CT molecular complexity index is 660. The largest absolute Gasteiger partial charge is 0.497 e. The van der Waals surface area contributed by atoms with Crippen LogP contribution in [-0.4, -0.2) is 19.7 Å². The molecule has 0 saturated carbocycles. The molecule has 4 nitrogen and oxygen atoms in total. The summed E-state index contributed by atoms with van der Waals surface area (Å²) in [5, 5.41) is 0. The Morgan fingerprint density at radius 2 is 1.50 bits per heavy atom. The van der Waals surface area contributed by atoms with Gasteiger partial charge in [-0.1, -0.05) is 12.1 Å². The molecule has 116 valence electrons. The van der Waals surface area contributed by atoms with Crippen molar-refractivity contribution in [1.82, 2.24) is 0 Å². The molecule has 0 radical (unpaired) electrons. The molecule has 0 N–H and O–H groups in total. The average molecular weight is 300 g/mol. The lowest BCUT2D eigenvalue weighted by molar-refractivity contribution is -0.136. The number of benzene rings is 2. The molecule has 0 amide bonds. The van der Waals surface area contributed by atoms with E-state index in [4.69, 9.17) is 14.2 Å². The van der Waals surface area contributed by atoms with E-state index in [2.05, 4.69) is 0 Å². The molecule has 0 aliphatic rings. The Hall–Kier alpha value is -2.49. The first-order valence-electron chi connectivity index (χ1n) is 7.05. The van der Waals surface area contributed by atoms with Gasteiger partial charge in [0.1, 0.15) is 17.2 Å². The number of carbonyl (C=O) groups is 1. The molecule has 0 fully saturated rings. The zero-order valence-corrected chi connectivity index (χ0v) is 13.3. The summed E-state index contributed by atoms with van der Waals surface area (Å²) < 4.78 is 15.9. The number of hydrogen-bond donors (Lipinski definition) is 0. The van der Waals surface area contributed by atoms with Crippen molar-refractivity contribution in [2.45, 2.75) is 20.8 Å². The number of ether oxygens (including phenoxy) is 3. The Kier molecular flexibility index (Phi) is 5.04. The minimum absolute atomic E-state index is 0.128. The molecule has 0 atom stereocenters. The highest BCUT2D eigenvalue weighted by Crippen LogP contribution is 2.25. The summed E-state index contributed by atoms with van der Waals surface area (Å²) in [4.78, 5) is 11.9. The molecule has 2 aromatic rings. The van der Waals surface area contributed by atoms with Crippen molar-refractivity contribution in [2.75, 3.05) is 13.7 Å². The van der Waals surface area contributed by atoms with Crippen LogP contribution >= 0.6 is 0 Å². The van der Waals surface area contributed by atoms with Gasteiger partial charge in [-0.15, -0.1) is 0 Å². The minimum atomic E-state index is -0.439. The van der Waals surface area contributed by atoms with E-state index in [0.29, 0.717) is 11.5 Å². The molecule has 2 rings (SSSR count). The Balaban J connectivity index is 1.97. The predicted octanol–water partition coefficient (Wildman–Crippen LogP) is 3.60. The minimum Gasteiger partial charge on any atom is -0.497 e. The van der Waals surface area contributed by atoms with Crippen LogP contribution in [0.15, 0.2) is 36.4 Å². The third kappa shape index (κ3) is 3.79. The highest BCUT2D eigenvalue weighted by atomic mass is 16.6. The summed E-state index contributed by atoms with van der Waals surface area (Å²) in [6, 6.07) is 10.8. The highest BCUT2D eigenvalue weighted by molar-refractivity contribution is 5.74. The van der Waals surface area contributed by atoms with E-state index in [1.54, 1.807) is 31.4 Å². The van der Waals surface area contributed by atoms with Crippen LogP contribution in [-0.2, 0) is 4.79 Å². The van der Waals surface area contributed by atoms with Gasteiger partial charge in [0.25, 0.3) is 0 Å². The van der Waals surface area contributed by atoms with Crippen molar-refractivity contribution >= 4 is 5.97 Å². The van der Waals surface area contributed by atoms with Crippen LogP contribution < -0.4 is 14.2 Å². The Labute approximate surface area is 130 Å². The van der Waals surface area contributed by atoms with E-state index in [-0.39, 0.29) is 6.61 Å². The molecular formula is C18H20O4. The molecule has 2 aromatic carbocycles. The highest BCUT2D eigenvalue weighted by Gasteiger charge is 2.11. The maximum Gasteiger partial charge on any atom is 0.349 e. The average Bonchev–Trinajstić information content (AvgIpc) is 2.52. The van der Waals surface area contributed by atoms with E-state index in [1.807, 2.05) is 32.9 Å². The second-order valence-corrected chi connectivity index (χ2v) is 5.09. The smallest absolute Gasteiger partial charge is 0.349 e. The molecule has 22 heavy (non-hydrogen) atoms. The van der Waals surface area contributed by atoms with Crippen molar-refractivity contribution in [3.63, 3.8) is 0 Å². The number of carbonyl (C=O) groups excluding carboxylic acids is 1. The molecule has 0 heterocycles. The van der Waals surface area contributed by atoms with Crippen LogP contribution in [0.2, 0.25) is 0 Å². The fourth-order valence-electron chi connectivity index (χ4n) is 2.08. The third-order valence-electron chi connectivity index (χ3n) is 3.50. The lowest BCUT2D eigenvalue weighted by Gasteiger charge is -2.13. The zero-order valence-electron chi connectivity index (χ0n) is 13.3. The monoisotopic (exact) mass is 300 g/mol. The molecule has 0 spiro atoms. The topological polar surface area (TPSA) is 44.8 Å². The lowest BCUT2D eigenvalue weighted by atomic mass is 10.1. The fourth-order valence-corrected chi connectivity index (χ4v) is 2.08. The van der Waals surface area contributed by atoms with Gasteiger partial charge in [-0.25, -0.2) is 4.79 Å². The van der Waals surface area contributed by atoms with Crippen LogP contribution in [0.4, 0.5) is 0 Å². The van der Waals surface area contributed by atoms with Gasteiger partial charge < -0.3 is 14.2 Å². The molecule has 0 bridgehead atoms. The fraction of sp³-hybridized carbons (Fsp3) is 0.278. The summed E-state index contributed by atoms with van der Waals surface area (Å²) >= 11 is 0. The van der Waals surface area contributed by atoms with Crippen molar-refractivity contribution < 1.29 is 19.0 Å². The molecule has 4 heteroatoms. The summed E-state index contributed by atoms with van der Waals surface area (Å²) in [6.07, 6.45) is 0. The summed E-state index contributed by atoms with van der Waals surface area (Å²) in [7, 11) is 1.58. The van der Waals surface area contributed by atoms with Crippen molar-refractivity contribution in [3.8, 4) is 17.2 Å². The van der Waals surface area contributed by atoms with E-state index in [1.165, 1.54) is 0 Å². The second kappa shape index (κ2) is 6.98. The van der Waals surface area contributed by atoms with E-state index >= 15 is 0 Å². The van der Waals surface area contributed by atoms with Gasteiger partial charge in [-0.05, 0) is 61.7 Å². The SMILES string of the molecule is COc1ccc(OC(=O)COc2c(C)ccc(C)c2C)cc1. The van der Waals surface area contributed by atoms with Crippen LogP contribution in [0.5, 0.6) is 17.2 Å². The molecule has 0 unspecified atom stereocenters. The van der Waals surface area contributed by atoms with Gasteiger partial charge in [0.05, 0.1) is 7.11 Å². The summed E-state index contributed by atoms with van der Waals surface area (Å²) in [6.45, 7) is 5.82. The maximum atomic E-state index is 11.9. The molecule has 0 aromatic heterocycles. The Morgan fingerprint density at radius 1 is 0.909 bits per heavy atom. The normalized spacial score (nSPS) is 10.2. The molecular weight excluding hydrogens is 280 g/mol. The van der Waals surface area contributed by atoms with E-state index < -0.39 is 5.97 Å². The van der Waals surface area contributed by atoms with Crippen molar-refractivity contribution in [1.29, 1.82) is 0 Å². The number of hydrogen-bond acceptors (Lipinski definition) is 4. The summed E-state index contributed by atoms with van der Waals surface area (Å²) in [5.74, 6) is 1.48. The van der Waals surface area contributed by atoms with Crippen molar-refractivity contribution in [2.24, 2.45) is 0 Å².